The number of nitro benzene ring substituents is 1. The topological polar surface area (TPSA) is 116 Å². The molecule has 7 heteroatoms. The Morgan fingerprint density at radius 2 is 2.10 bits per heavy atom. The summed E-state index contributed by atoms with van der Waals surface area (Å²) in [6.07, 6.45) is 1.56. The van der Waals surface area contributed by atoms with Crippen LogP contribution in [0, 0.1) is 29.9 Å². The highest BCUT2D eigenvalue weighted by atomic mass is 16.6. The molecule has 0 spiro atoms. The molecular formula is C14H18N2O5. The molecule has 1 aromatic rings. The number of ether oxygens (including phenoxy) is 1. The fourth-order valence-electron chi connectivity index (χ4n) is 2.28. The van der Waals surface area contributed by atoms with E-state index in [0.717, 1.165) is 12.8 Å². The molecule has 1 aliphatic rings. The largest absolute Gasteiger partial charge is 0.491 e. The van der Waals surface area contributed by atoms with Crippen LogP contribution in [0.15, 0.2) is 12.1 Å². The Labute approximate surface area is 121 Å². The van der Waals surface area contributed by atoms with E-state index in [0.29, 0.717) is 16.9 Å². The van der Waals surface area contributed by atoms with E-state index in [-0.39, 0.29) is 18.2 Å². The number of nitrogens with two attached hydrogens (primary N) is 1. The Kier molecular flexibility index (Phi) is 3.87. The third kappa shape index (κ3) is 2.97. The van der Waals surface area contributed by atoms with Crippen LogP contribution in [0.1, 0.15) is 24.0 Å². The van der Waals surface area contributed by atoms with Crippen molar-refractivity contribution in [1.82, 2.24) is 0 Å². The first kappa shape index (κ1) is 15.2. The maximum absolute atomic E-state index is 11.3. The van der Waals surface area contributed by atoms with Gasteiger partial charge in [0.05, 0.1) is 4.92 Å². The first-order valence-corrected chi connectivity index (χ1v) is 6.66. The second-order valence-corrected chi connectivity index (χ2v) is 5.57. The summed E-state index contributed by atoms with van der Waals surface area (Å²) >= 11 is 0. The lowest BCUT2D eigenvalue weighted by atomic mass is 9.96. The summed E-state index contributed by atoms with van der Waals surface area (Å²) in [5.74, 6) is -0.731. The molecule has 0 heterocycles. The van der Waals surface area contributed by atoms with Crippen molar-refractivity contribution in [3.63, 3.8) is 0 Å². The average Bonchev–Trinajstić information content (AvgIpc) is 3.23. The van der Waals surface area contributed by atoms with Crippen LogP contribution in [-0.4, -0.2) is 28.1 Å². The van der Waals surface area contributed by atoms with Gasteiger partial charge >= 0.3 is 5.97 Å². The lowest BCUT2D eigenvalue weighted by Gasteiger charge is -2.25. The fraction of sp³-hybridized carbons (Fsp3) is 0.500. The van der Waals surface area contributed by atoms with Crippen molar-refractivity contribution in [2.24, 2.45) is 11.7 Å². The van der Waals surface area contributed by atoms with Crippen LogP contribution >= 0.6 is 0 Å². The number of carboxylic acid groups (broad SMARTS) is 1. The minimum atomic E-state index is -1.40. The molecule has 7 nitrogen and oxygen atoms in total. The highest BCUT2D eigenvalue weighted by Crippen LogP contribution is 2.39. The molecule has 0 bridgehead atoms. The molecule has 2 rings (SSSR count). The smallest absolute Gasteiger partial charge is 0.327 e. The highest BCUT2D eigenvalue weighted by Gasteiger charge is 2.49. The summed E-state index contributed by atoms with van der Waals surface area (Å²) in [6.45, 7) is 3.14. The van der Waals surface area contributed by atoms with E-state index in [1.54, 1.807) is 19.9 Å². The number of carboxylic acids is 1. The van der Waals surface area contributed by atoms with Crippen molar-refractivity contribution in [3.8, 4) is 5.75 Å². The molecule has 0 saturated heterocycles. The van der Waals surface area contributed by atoms with Crippen molar-refractivity contribution in [3.05, 3.63) is 33.4 Å². The normalized spacial score (nSPS) is 17.1. The van der Waals surface area contributed by atoms with E-state index in [9.17, 15) is 20.0 Å². The van der Waals surface area contributed by atoms with Crippen LogP contribution in [0.4, 0.5) is 5.69 Å². The third-order valence-electron chi connectivity index (χ3n) is 3.86. The van der Waals surface area contributed by atoms with Gasteiger partial charge in [0.25, 0.3) is 5.69 Å². The van der Waals surface area contributed by atoms with E-state index in [1.165, 1.54) is 6.07 Å². The molecule has 114 valence electrons. The number of hydrogen-bond acceptors (Lipinski definition) is 5. The monoisotopic (exact) mass is 294 g/mol. The first-order chi connectivity index (χ1) is 9.75. The van der Waals surface area contributed by atoms with Crippen LogP contribution in [0.25, 0.3) is 0 Å². The lowest BCUT2D eigenvalue weighted by Crippen LogP contribution is -2.54. The lowest BCUT2D eigenvalue weighted by molar-refractivity contribution is -0.385. The van der Waals surface area contributed by atoms with Crippen molar-refractivity contribution in [2.75, 3.05) is 6.61 Å². The van der Waals surface area contributed by atoms with E-state index in [1.807, 2.05) is 0 Å². The Morgan fingerprint density at radius 1 is 1.48 bits per heavy atom. The second kappa shape index (κ2) is 5.33. The molecule has 0 aromatic heterocycles. The summed E-state index contributed by atoms with van der Waals surface area (Å²) in [5.41, 5.74) is 5.58. The predicted molar refractivity (Wildman–Crippen MR) is 75.3 cm³/mol. The standard InChI is InChI=1S/C14H18N2O5/c1-8-6-12(9(2)5-11(8)16(19)20)21-7-14(15,13(17)18)10-3-4-10/h5-6,10H,3-4,7,15H2,1-2H3,(H,17,18). The molecule has 0 radical (unpaired) electrons. The van der Waals surface area contributed by atoms with Gasteiger partial charge in [-0.2, -0.15) is 0 Å². The first-order valence-electron chi connectivity index (χ1n) is 6.66. The number of nitro groups is 1. The summed E-state index contributed by atoms with van der Waals surface area (Å²) < 4.78 is 5.55. The van der Waals surface area contributed by atoms with Crippen LogP contribution in [0.2, 0.25) is 0 Å². The molecule has 0 aliphatic heterocycles. The Balaban J connectivity index is 2.18. The van der Waals surface area contributed by atoms with Gasteiger partial charge < -0.3 is 15.6 Å². The van der Waals surface area contributed by atoms with Gasteiger partial charge in [0.15, 0.2) is 5.54 Å². The predicted octanol–water partition coefficient (Wildman–Crippen LogP) is 1.78. The van der Waals surface area contributed by atoms with Gasteiger partial charge in [0.2, 0.25) is 0 Å². The molecule has 21 heavy (non-hydrogen) atoms. The van der Waals surface area contributed by atoms with Gasteiger partial charge in [0.1, 0.15) is 12.4 Å². The van der Waals surface area contributed by atoms with Crippen LogP contribution in [0.3, 0.4) is 0 Å². The van der Waals surface area contributed by atoms with E-state index in [4.69, 9.17) is 10.5 Å². The average molecular weight is 294 g/mol. The van der Waals surface area contributed by atoms with Crippen molar-refractivity contribution in [2.45, 2.75) is 32.2 Å². The molecule has 1 aliphatic carbocycles. The number of aliphatic carboxylic acids is 1. The fourth-order valence-corrected chi connectivity index (χ4v) is 2.28. The maximum Gasteiger partial charge on any atom is 0.327 e. The van der Waals surface area contributed by atoms with Gasteiger partial charge in [-0.15, -0.1) is 0 Å². The van der Waals surface area contributed by atoms with Gasteiger partial charge in [-0.25, -0.2) is 0 Å². The van der Waals surface area contributed by atoms with Gasteiger partial charge in [-0.3, -0.25) is 14.9 Å². The number of benzene rings is 1. The van der Waals surface area contributed by atoms with Crippen LogP contribution in [0.5, 0.6) is 5.75 Å². The number of aryl methyl sites for hydroxylation is 2. The summed E-state index contributed by atoms with van der Waals surface area (Å²) in [7, 11) is 0. The van der Waals surface area contributed by atoms with Crippen LogP contribution in [-0.2, 0) is 4.79 Å². The molecule has 1 aromatic carbocycles. The minimum absolute atomic E-state index is 0.0132. The summed E-state index contributed by atoms with van der Waals surface area (Å²) in [6, 6.07) is 2.96. The Hall–Kier alpha value is -2.15. The van der Waals surface area contributed by atoms with Gasteiger partial charge in [-0.1, -0.05) is 0 Å². The van der Waals surface area contributed by atoms with Crippen molar-refractivity contribution < 1.29 is 19.6 Å². The SMILES string of the molecule is Cc1cc([N+](=O)[O-])c(C)cc1OCC(N)(C(=O)O)C1CC1. The zero-order valence-electron chi connectivity index (χ0n) is 12.0. The summed E-state index contributed by atoms with van der Waals surface area (Å²) in [5, 5.41) is 20.1. The molecule has 1 unspecified atom stereocenters. The maximum atomic E-state index is 11.3. The van der Waals surface area contributed by atoms with E-state index >= 15 is 0 Å². The van der Waals surface area contributed by atoms with Gasteiger partial charge in [-0.05, 0) is 44.2 Å². The molecular weight excluding hydrogens is 276 g/mol. The molecule has 0 amide bonds. The van der Waals surface area contributed by atoms with Crippen LogP contribution < -0.4 is 10.5 Å². The Bertz CT molecular complexity index is 597. The molecule has 3 N–H and O–H groups in total. The summed E-state index contributed by atoms with van der Waals surface area (Å²) in [4.78, 5) is 21.7. The number of carbonyl (C=O) groups is 1. The zero-order chi connectivity index (χ0) is 15.8. The number of hydrogen-bond donors (Lipinski definition) is 2. The molecule has 1 saturated carbocycles. The van der Waals surface area contributed by atoms with E-state index < -0.39 is 16.4 Å². The van der Waals surface area contributed by atoms with Gasteiger partial charge in [0, 0.05) is 11.6 Å². The Morgan fingerprint density at radius 3 is 2.57 bits per heavy atom. The van der Waals surface area contributed by atoms with Crippen molar-refractivity contribution >= 4 is 11.7 Å². The third-order valence-corrected chi connectivity index (χ3v) is 3.86. The zero-order valence-corrected chi connectivity index (χ0v) is 12.0. The van der Waals surface area contributed by atoms with E-state index in [2.05, 4.69) is 0 Å². The molecule has 1 atom stereocenters. The number of nitrogens with zero attached hydrogens (tertiary/aromatic N) is 1. The second-order valence-electron chi connectivity index (χ2n) is 5.57. The molecule has 1 fully saturated rings. The van der Waals surface area contributed by atoms with Crippen molar-refractivity contribution in [1.29, 1.82) is 0 Å². The minimum Gasteiger partial charge on any atom is -0.491 e. The quantitative estimate of drug-likeness (QED) is 0.610. The highest BCUT2D eigenvalue weighted by molar-refractivity contribution is 5.79. The number of rotatable bonds is 6.